The minimum Gasteiger partial charge on any atom is -0.480 e. The van der Waals surface area contributed by atoms with Gasteiger partial charge in [-0.2, -0.15) is 0 Å². The summed E-state index contributed by atoms with van der Waals surface area (Å²) in [6.07, 6.45) is -0.161. The fraction of sp³-hybridized carbons (Fsp3) is 0.318. The lowest BCUT2D eigenvalue weighted by molar-refractivity contribution is -0.149. The molecule has 0 bridgehead atoms. The van der Waals surface area contributed by atoms with Crippen LogP contribution in [0.1, 0.15) is 24.5 Å². The molecule has 3 atom stereocenters. The second-order valence-electron chi connectivity index (χ2n) is 7.13. The third-order valence-electron chi connectivity index (χ3n) is 5.00. The number of nitrogens with zero attached hydrogens (tertiary/aromatic N) is 1. The van der Waals surface area contributed by atoms with Gasteiger partial charge in [-0.15, -0.1) is 0 Å². The molecule has 0 saturated carbocycles. The zero-order valence-corrected chi connectivity index (χ0v) is 16.2. The van der Waals surface area contributed by atoms with Gasteiger partial charge in [-0.25, -0.2) is 9.59 Å². The average molecular weight is 396 g/mol. The van der Waals surface area contributed by atoms with E-state index in [2.05, 4.69) is 5.32 Å². The van der Waals surface area contributed by atoms with Gasteiger partial charge >= 0.3 is 12.1 Å². The van der Waals surface area contributed by atoms with Gasteiger partial charge in [0, 0.05) is 12.5 Å². The van der Waals surface area contributed by atoms with Crippen LogP contribution in [0.25, 0.3) is 0 Å². The van der Waals surface area contributed by atoms with Crippen molar-refractivity contribution in [3.8, 4) is 0 Å². The standard InChI is InChI=1S/C22H24N2O5/c1-15-12-18(23-22(28)29-14-17-10-6-3-7-11-17)20(25)24(15)19(21(26)27)13-16-8-4-2-5-9-16/h2-11,15,18-19H,12-14H2,1H3,(H,23,28)(H,26,27)/t15?,18-,19-/m0/s1. The van der Waals surface area contributed by atoms with Gasteiger partial charge in [-0.1, -0.05) is 60.7 Å². The van der Waals surface area contributed by atoms with Crippen molar-refractivity contribution >= 4 is 18.0 Å². The monoisotopic (exact) mass is 396 g/mol. The Morgan fingerprint density at radius 1 is 1.10 bits per heavy atom. The Balaban J connectivity index is 1.62. The summed E-state index contributed by atoms with van der Waals surface area (Å²) in [5, 5.41) is 12.3. The molecule has 2 aromatic rings. The molecular formula is C22H24N2O5. The minimum absolute atomic E-state index is 0.0958. The Bertz CT molecular complexity index is 856. The summed E-state index contributed by atoms with van der Waals surface area (Å²) in [5.41, 5.74) is 1.67. The van der Waals surface area contributed by atoms with Crippen molar-refractivity contribution in [2.45, 2.75) is 44.5 Å². The van der Waals surface area contributed by atoms with E-state index in [9.17, 15) is 19.5 Å². The van der Waals surface area contributed by atoms with Gasteiger partial charge in [0.2, 0.25) is 5.91 Å². The third-order valence-corrected chi connectivity index (χ3v) is 5.00. The molecule has 1 fully saturated rings. The second kappa shape index (κ2) is 9.23. The Labute approximate surface area is 169 Å². The number of carboxylic acid groups (broad SMARTS) is 1. The predicted molar refractivity (Wildman–Crippen MR) is 106 cm³/mol. The highest BCUT2D eigenvalue weighted by molar-refractivity contribution is 5.91. The smallest absolute Gasteiger partial charge is 0.408 e. The number of hydrogen-bond donors (Lipinski definition) is 2. The van der Waals surface area contributed by atoms with Gasteiger partial charge in [0.25, 0.3) is 0 Å². The number of benzene rings is 2. The Morgan fingerprint density at radius 2 is 1.69 bits per heavy atom. The molecule has 0 aromatic heterocycles. The minimum atomic E-state index is -1.07. The summed E-state index contributed by atoms with van der Waals surface area (Å²) < 4.78 is 5.18. The van der Waals surface area contributed by atoms with Crippen molar-refractivity contribution < 1.29 is 24.2 Å². The van der Waals surface area contributed by atoms with Crippen molar-refractivity contribution in [3.05, 3.63) is 71.8 Å². The van der Waals surface area contributed by atoms with Crippen molar-refractivity contribution in [2.75, 3.05) is 0 Å². The number of carbonyl (C=O) groups excluding carboxylic acids is 2. The molecule has 1 heterocycles. The van der Waals surface area contributed by atoms with E-state index in [-0.39, 0.29) is 19.1 Å². The number of alkyl carbamates (subject to hydrolysis) is 1. The van der Waals surface area contributed by atoms with Gasteiger partial charge in [0.1, 0.15) is 18.7 Å². The molecule has 3 rings (SSSR count). The van der Waals surface area contributed by atoms with Crippen LogP contribution in [0.15, 0.2) is 60.7 Å². The lowest BCUT2D eigenvalue weighted by Crippen LogP contribution is -2.49. The first-order chi connectivity index (χ1) is 14.0. The van der Waals surface area contributed by atoms with Crippen molar-refractivity contribution in [1.29, 1.82) is 0 Å². The average Bonchev–Trinajstić information content (AvgIpc) is 2.99. The molecule has 152 valence electrons. The quantitative estimate of drug-likeness (QED) is 0.750. The molecule has 1 aliphatic heterocycles. The van der Waals surface area contributed by atoms with E-state index in [0.29, 0.717) is 6.42 Å². The van der Waals surface area contributed by atoms with Crippen molar-refractivity contribution in [2.24, 2.45) is 0 Å². The fourth-order valence-corrected chi connectivity index (χ4v) is 3.58. The van der Waals surface area contributed by atoms with Gasteiger partial charge in [0.15, 0.2) is 0 Å². The van der Waals surface area contributed by atoms with E-state index < -0.39 is 30.1 Å². The van der Waals surface area contributed by atoms with E-state index in [1.807, 2.05) is 60.7 Å². The molecule has 0 aliphatic carbocycles. The molecule has 1 aliphatic rings. The number of ether oxygens (including phenoxy) is 1. The molecule has 7 nitrogen and oxygen atoms in total. The molecule has 0 spiro atoms. The molecule has 1 unspecified atom stereocenters. The highest BCUT2D eigenvalue weighted by atomic mass is 16.5. The van der Waals surface area contributed by atoms with Crippen LogP contribution >= 0.6 is 0 Å². The number of nitrogens with one attached hydrogen (secondary N) is 1. The zero-order chi connectivity index (χ0) is 20.8. The van der Waals surface area contributed by atoms with Crippen LogP contribution < -0.4 is 5.32 Å². The van der Waals surface area contributed by atoms with E-state index in [1.165, 1.54) is 4.90 Å². The lowest BCUT2D eigenvalue weighted by Gasteiger charge is -2.28. The molecule has 2 N–H and O–H groups in total. The van der Waals surface area contributed by atoms with Gasteiger partial charge < -0.3 is 20.1 Å². The van der Waals surface area contributed by atoms with E-state index in [0.717, 1.165) is 11.1 Å². The number of amides is 2. The van der Waals surface area contributed by atoms with Crippen LogP contribution in [-0.2, 0) is 27.4 Å². The summed E-state index contributed by atoms with van der Waals surface area (Å²) in [7, 11) is 0. The first kappa shape index (κ1) is 20.4. The summed E-state index contributed by atoms with van der Waals surface area (Å²) in [6, 6.07) is 16.3. The molecule has 0 radical (unpaired) electrons. The number of hydrogen-bond acceptors (Lipinski definition) is 4. The van der Waals surface area contributed by atoms with Gasteiger partial charge in [0.05, 0.1) is 0 Å². The van der Waals surface area contributed by atoms with Crippen molar-refractivity contribution in [3.63, 3.8) is 0 Å². The van der Waals surface area contributed by atoms with Crippen molar-refractivity contribution in [1.82, 2.24) is 10.2 Å². The Kier molecular flexibility index (Phi) is 6.49. The highest BCUT2D eigenvalue weighted by Crippen LogP contribution is 2.24. The van der Waals surface area contributed by atoms with Crippen LogP contribution in [-0.4, -0.2) is 46.1 Å². The normalized spacial score (nSPS) is 19.6. The SMILES string of the molecule is CC1C[C@H](NC(=O)OCc2ccccc2)C(=O)N1[C@@H](Cc1ccccc1)C(=O)O. The third kappa shape index (κ3) is 5.13. The molecule has 2 amide bonds. The van der Waals surface area contributed by atoms with Crippen LogP contribution in [0.2, 0.25) is 0 Å². The topological polar surface area (TPSA) is 95.9 Å². The molecule has 1 saturated heterocycles. The van der Waals surface area contributed by atoms with Crippen LogP contribution in [0.5, 0.6) is 0 Å². The molecule has 2 aromatic carbocycles. The van der Waals surface area contributed by atoms with Gasteiger partial charge in [-0.05, 0) is 24.5 Å². The van der Waals surface area contributed by atoms with Gasteiger partial charge in [-0.3, -0.25) is 4.79 Å². The predicted octanol–water partition coefficient (Wildman–Crippen LogP) is 2.60. The van der Waals surface area contributed by atoms with E-state index in [1.54, 1.807) is 6.92 Å². The maximum Gasteiger partial charge on any atom is 0.408 e. The van der Waals surface area contributed by atoms with Crippen LogP contribution in [0.3, 0.4) is 0 Å². The Morgan fingerprint density at radius 3 is 2.28 bits per heavy atom. The fourth-order valence-electron chi connectivity index (χ4n) is 3.58. The molecule has 7 heteroatoms. The highest BCUT2D eigenvalue weighted by Gasteiger charge is 2.44. The number of carbonyl (C=O) groups is 3. The van der Waals surface area contributed by atoms with E-state index in [4.69, 9.17) is 4.74 Å². The number of carboxylic acids is 1. The largest absolute Gasteiger partial charge is 0.480 e. The summed E-state index contributed by atoms with van der Waals surface area (Å²) >= 11 is 0. The Hall–Kier alpha value is -3.35. The number of rotatable bonds is 7. The second-order valence-corrected chi connectivity index (χ2v) is 7.13. The number of aliphatic carboxylic acids is 1. The summed E-state index contributed by atoms with van der Waals surface area (Å²) in [6.45, 7) is 1.88. The zero-order valence-electron chi connectivity index (χ0n) is 16.2. The molecule has 29 heavy (non-hydrogen) atoms. The summed E-state index contributed by atoms with van der Waals surface area (Å²) in [5.74, 6) is -1.47. The maximum absolute atomic E-state index is 12.9. The first-order valence-corrected chi connectivity index (χ1v) is 9.52. The number of likely N-dealkylation sites (tertiary alicyclic amines) is 1. The van der Waals surface area contributed by atoms with Crippen LogP contribution in [0, 0.1) is 0 Å². The lowest BCUT2D eigenvalue weighted by atomic mass is 10.0. The van der Waals surface area contributed by atoms with E-state index >= 15 is 0 Å². The molecular weight excluding hydrogens is 372 g/mol. The summed E-state index contributed by atoms with van der Waals surface area (Å²) in [4.78, 5) is 38.2. The maximum atomic E-state index is 12.9. The first-order valence-electron chi connectivity index (χ1n) is 9.52. The van der Waals surface area contributed by atoms with Crippen LogP contribution in [0.4, 0.5) is 4.79 Å².